The molecule has 3 rings (SSSR count). The number of halogens is 1. The molecule has 0 atom stereocenters. The molecule has 0 aliphatic carbocycles. The zero-order chi connectivity index (χ0) is 22.8. The lowest BCUT2D eigenvalue weighted by Crippen LogP contribution is -2.15. The number of rotatable bonds is 7. The van der Waals surface area contributed by atoms with Crippen molar-refractivity contribution in [2.75, 3.05) is 17.1 Å². The number of methoxy groups -OCH3 is 1. The Morgan fingerprint density at radius 2 is 2.00 bits per heavy atom. The van der Waals surface area contributed by atoms with Gasteiger partial charge < -0.3 is 9.26 Å². The highest BCUT2D eigenvalue weighted by Crippen LogP contribution is 2.37. The van der Waals surface area contributed by atoms with Gasteiger partial charge in [0.2, 0.25) is 11.8 Å². The van der Waals surface area contributed by atoms with Gasteiger partial charge in [0, 0.05) is 11.9 Å². The number of sulfonamides is 1. The molecule has 2 N–H and O–H groups in total. The molecule has 1 aromatic heterocycles. The van der Waals surface area contributed by atoms with Gasteiger partial charge in [-0.2, -0.15) is 0 Å². The maximum Gasteiger partial charge on any atom is 0.265 e. The maximum absolute atomic E-state index is 13.2. The molecule has 2 aromatic carbocycles. The Hall–Kier alpha value is -3.04. The summed E-state index contributed by atoms with van der Waals surface area (Å²) < 4.78 is 39.6. The molecule has 0 saturated heterocycles. The van der Waals surface area contributed by atoms with E-state index in [2.05, 4.69) is 15.2 Å². The summed E-state index contributed by atoms with van der Waals surface area (Å²) >= 11 is 6.12. The van der Waals surface area contributed by atoms with Crippen molar-refractivity contribution in [2.45, 2.75) is 32.1 Å². The van der Waals surface area contributed by atoms with Gasteiger partial charge >= 0.3 is 0 Å². The monoisotopic (exact) mass is 463 g/mol. The number of ether oxygens (including phenoxy) is 1. The van der Waals surface area contributed by atoms with Gasteiger partial charge in [-0.1, -0.05) is 35.8 Å². The van der Waals surface area contributed by atoms with Crippen molar-refractivity contribution in [3.05, 3.63) is 52.7 Å². The summed E-state index contributed by atoms with van der Waals surface area (Å²) in [6.45, 7) is 4.95. The molecule has 164 valence electrons. The molecule has 0 aliphatic heterocycles. The van der Waals surface area contributed by atoms with E-state index in [1.54, 1.807) is 37.3 Å². The van der Waals surface area contributed by atoms with E-state index in [9.17, 15) is 13.2 Å². The lowest BCUT2D eigenvalue weighted by Gasteiger charge is -2.15. The van der Waals surface area contributed by atoms with Gasteiger partial charge in [-0.25, -0.2) is 8.42 Å². The van der Waals surface area contributed by atoms with Crippen LogP contribution in [0.2, 0.25) is 5.02 Å². The molecular weight excluding hydrogens is 442 g/mol. The molecule has 8 nitrogen and oxygen atoms in total. The second-order valence-electron chi connectivity index (χ2n) is 6.75. The van der Waals surface area contributed by atoms with Crippen molar-refractivity contribution >= 4 is 39.1 Å². The molecule has 0 aliphatic rings. The Balaban J connectivity index is 2.13. The first-order valence-corrected chi connectivity index (χ1v) is 11.3. The number of aryl methyl sites for hydroxylation is 1. The van der Waals surface area contributed by atoms with E-state index in [-0.39, 0.29) is 22.4 Å². The number of carbonyl (C=O) groups is 1. The SMILES string of the molecule is CCc1noc(NC(C)=O)c1-c1ccc(OC)c(S(=O)(=O)Nc2cccc(Cl)c2C)c1. The Morgan fingerprint density at radius 3 is 2.65 bits per heavy atom. The standard InChI is InChI=1S/C21H22ClN3O5S/c1-5-16-20(21(30-24-16)23-13(3)26)14-9-10-18(29-4)19(11-14)31(27,28)25-17-8-6-7-15(22)12(17)2/h6-11,25H,5H2,1-4H3,(H,23,26). The molecule has 0 radical (unpaired) electrons. The minimum atomic E-state index is -4.04. The first kappa shape index (κ1) is 22.6. The fourth-order valence-corrected chi connectivity index (χ4v) is 4.56. The zero-order valence-electron chi connectivity index (χ0n) is 17.4. The van der Waals surface area contributed by atoms with E-state index in [0.717, 1.165) is 0 Å². The average Bonchev–Trinajstić information content (AvgIpc) is 3.12. The van der Waals surface area contributed by atoms with Crippen LogP contribution in [-0.4, -0.2) is 26.6 Å². The van der Waals surface area contributed by atoms with Crippen molar-refractivity contribution in [3.63, 3.8) is 0 Å². The van der Waals surface area contributed by atoms with Gasteiger partial charge in [0.15, 0.2) is 0 Å². The van der Waals surface area contributed by atoms with Crippen LogP contribution in [0.25, 0.3) is 11.1 Å². The highest BCUT2D eigenvalue weighted by Gasteiger charge is 2.25. The molecule has 0 bridgehead atoms. The van der Waals surface area contributed by atoms with Crippen LogP contribution in [0.5, 0.6) is 5.75 Å². The fourth-order valence-electron chi connectivity index (χ4n) is 3.07. The summed E-state index contributed by atoms with van der Waals surface area (Å²) in [5.74, 6) is -0.0254. The summed E-state index contributed by atoms with van der Waals surface area (Å²) in [7, 11) is -2.65. The number of hydrogen-bond acceptors (Lipinski definition) is 6. The topological polar surface area (TPSA) is 111 Å². The van der Waals surface area contributed by atoms with Crippen molar-refractivity contribution < 1.29 is 22.5 Å². The summed E-state index contributed by atoms with van der Waals surface area (Å²) in [6, 6.07) is 9.64. The third-order valence-electron chi connectivity index (χ3n) is 4.64. The molecular formula is C21H22ClN3O5S. The largest absolute Gasteiger partial charge is 0.495 e. The predicted molar refractivity (Wildman–Crippen MR) is 119 cm³/mol. The van der Waals surface area contributed by atoms with Crippen molar-refractivity contribution in [3.8, 4) is 16.9 Å². The van der Waals surface area contributed by atoms with E-state index in [0.29, 0.717) is 39.5 Å². The lowest BCUT2D eigenvalue weighted by molar-refractivity contribution is -0.114. The number of carbonyl (C=O) groups excluding carboxylic acids is 1. The second-order valence-corrected chi connectivity index (χ2v) is 8.81. The van der Waals surface area contributed by atoms with Crippen molar-refractivity contribution in [1.82, 2.24) is 5.16 Å². The van der Waals surface area contributed by atoms with E-state index >= 15 is 0 Å². The predicted octanol–water partition coefficient (Wildman–Crippen LogP) is 4.63. The van der Waals surface area contributed by atoms with Crippen LogP contribution < -0.4 is 14.8 Å². The minimum absolute atomic E-state index is 0.0797. The molecule has 1 amide bonds. The van der Waals surface area contributed by atoms with Crippen molar-refractivity contribution in [2.24, 2.45) is 0 Å². The summed E-state index contributed by atoms with van der Waals surface area (Å²) in [5, 5.41) is 7.02. The highest BCUT2D eigenvalue weighted by molar-refractivity contribution is 7.92. The quantitative estimate of drug-likeness (QED) is 0.528. The maximum atomic E-state index is 13.2. The molecule has 31 heavy (non-hydrogen) atoms. The van der Waals surface area contributed by atoms with Gasteiger partial charge in [0.25, 0.3) is 10.0 Å². The summed E-state index contributed by atoms with van der Waals surface area (Å²) in [4.78, 5) is 11.5. The van der Waals surface area contributed by atoms with E-state index in [1.165, 1.54) is 20.1 Å². The number of benzene rings is 2. The van der Waals surface area contributed by atoms with Gasteiger partial charge in [0.05, 0.1) is 24.1 Å². The number of aromatic nitrogens is 1. The Bertz CT molecular complexity index is 1240. The lowest BCUT2D eigenvalue weighted by atomic mass is 10.0. The normalized spacial score (nSPS) is 11.3. The second kappa shape index (κ2) is 8.99. The smallest absolute Gasteiger partial charge is 0.265 e. The Morgan fingerprint density at radius 1 is 1.26 bits per heavy atom. The zero-order valence-corrected chi connectivity index (χ0v) is 19.0. The van der Waals surface area contributed by atoms with Gasteiger partial charge in [0.1, 0.15) is 10.6 Å². The third kappa shape index (κ3) is 4.67. The number of amides is 1. The first-order valence-electron chi connectivity index (χ1n) is 9.40. The van der Waals surface area contributed by atoms with Crippen LogP contribution in [0.3, 0.4) is 0 Å². The first-order chi connectivity index (χ1) is 14.7. The van der Waals surface area contributed by atoms with Crippen LogP contribution in [0.15, 0.2) is 45.8 Å². The Labute approximate surface area is 185 Å². The van der Waals surface area contributed by atoms with Crippen LogP contribution in [0, 0.1) is 6.92 Å². The molecule has 0 saturated carbocycles. The van der Waals surface area contributed by atoms with E-state index < -0.39 is 10.0 Å². The summed E-state index contributed by atoms with van der Waals surface area (Å²) in [5.41, 5.74) is 2.55. The van der Waals surface area contributed by atoms with Gasteiger partial charge in [-0.15, -0.1) is 0 Å². The number of nitrogens with zero attached hydrogens (tertiary/aromatic N) is 1. The van der Waals surface area contributed by atoms with Crippen LogP contribution in [0.4, 0.5) is 11.6 Å². The number of nitrogens with one attached hydrogen (secondary N) is 2. The molecule has 1 heterocycles. The summed E-state index contributed by atoms with van der Waals surface area (Å²) in [6.07, 6.45) is 0.520. The minimum Gasteiger partial charge on any atom is -0.495 e. The van der Waals surface area contributed by atoms with Gasteiger partial charge in [-0.3, -0.25) is 14.8 Å². The Kier molecular flexibility index (Phi) is 6.56. The third-order valence-corrected chi connectivity index (χ3v) is 6.44. The van der Waals surface area contributed by atoms with E-state index in [1.807, 2.05) is 6.92 Å². The van der Waals surface area contributed by atoms with Gasteiger partial charge in [-0.05, 0) is 48.7 Å². The molecule has 3 aromatic rings. The number of hydrogen-bond donors (Lipinski definition) is 2. The van der Waals surface area contributed by atoms with Crippen LogP contribution >= 0.6 is 11.6 Å². The van der Waals surface area contributed by atoms with Crippen LogP contribution in [0.1, 0.15) is 25.1 Å². The molecule has 0 spiro atoms. The fraction of sp³-hybridized carbons (Fsp3) is 0.238. The van der Waals surface area contributed by atoms with Crippen LogP contribution in [-0.2, 0) is 21.2 Å². The molecule has 0 unspecified atom stereocenters. The van der Waals surface area contributed by atoms with Crippen molar-refractivity contribution in [1.29, 1.82) is 0 Å². The molecule has 0 fully saturated rings. The molecule has 10 heteroatoms. The highest BCUT2D eigenvalue weighted by atomic mass is 35.5. The number of anilines is 2. The average molecular weight is 464 g/mol. The van der Waals surface area contributed by atoms with E-state index in [4.69, 9.17) is 20.9 Å².